The summed E-state index contributed by atoms with van der Waals surface area (Å²) in [5.74, 6) is 5.14. The molecule has 0 radical (unpaired) electrons. The first-order valence-corrected chi connectivity index (χ1v) is 19.3. The SMILES string of the molecule is CC1(C)CCC[C@@H]2[C@H]3C[C@@H](O)[C@@H]4CC[C@](C)(CO)[C@H]4[C@@]231.CC1(C)CCC[C@H]2[C@@H]3C[C@H](O)[C@H]4CC[C@@](C)(CO)[C@@H]4[C@]231.c1ccccc1. The van der Waals surface area contributed by atoms with Crippen LogP contribution in [0.2, 0.25) is 0 Å². The third-order valence-electron chi connectivity index (χ3n) is 17.0. The predicted molar refractivity (Wildman–Crippen MR) is 185 cm³/mol. The molecule has 4 nitrogen and oxygen atoms in total. The van der Waals surface area contributed by atoms with Crippen molar-refractivity contribution in [3.05, 3.63) is 36.4 Å². The fourth-order valence-corrected chi connectivity index (χ4v) is 15.4. The summed E-state index contributed by atoms with van der Waals surface area (Å²) in [5.41, 5.74) is 1.75. The smallest absolute Gasteiger partial charge is 0.0574 e. The minimum Gasteiger partial charge on any atom is -0.396 e. The van der Waals surface area contributed by atoms with Gasteiger partial charge in [0.15, 0.2) is 0 Å². The van der Waals surface area contributed by atoms with Crippen molar-refractivity contribution in [2.45, 2.75) is 131 Å². The van der Waals surface area contributed by atoms with Crippen molar-refractivity contribution in [1.82, 2.24) is 0 Å². The van der Waals surface area contributed by atoms with Crippen LogP contribution in [0.4, 0.5) is 0 Å². The molecule has 0 unspecified atom stereocenters. The zero-order valence-electron chi connectivity index (χ0n) is 29.9. The molecule has 0 bridgehead atoms. The van der Waals surface area contributed by atoms with Crippen LogP contribution in [-0.4, -0.2) is 45.8 Å². The van der Waals surface area contributed by atoms with Gasteiger partial charge in [-0.25, -0.2) is 0 Å². The Kier molecular flexibility index (Phi) is 8.24. The Hall–Kier alpha value is -0.940. The fourth-order valence-electron chi connectivity index (χ4n) is 15.4. The van der Waals surface area contributed by atoms with Crippen molar-refractivity contribution in [2.24, 2.45) is 79.8 Å². The van der Waals surface area contributed by atoms with Gasteiger partial charge in [-0.05, 0) is 144 Å². The Morgan fingerprint density at radius 1 is 0.500 bits per heavy atom. The Morgan fingerprint density at radius 3 is 1.17 bits per heavy atom. The number of aliphatic hydroxyl groups is 4. The summed E-state index contributed by atoms with van der Waals surface area (Å²) in [5, 5.41) is 41.4. The first-order chi connectivity index (χ1) is 21.8. The van der Waals surface area contributed by atoms with E-state index < -0.39 is 0 Å². The molecule has 1 aromatic carbocycles. The molecule has 14 atom stereocenters. The molecule has 0 amide bonds. The quantitative estimate of drug-likeness (QED) is 0.265. The summed E-state index contributed by atoms with van der Waals surface area (Å²) in [4.78, 5) is 0. The lowest BCUT2D eigenvalue weighted by molar-refractivity contribution is -0.0940. The predicted octanol–water partition coefficient (Wildman–Crippen LogP) is 8.12. The van der Waals surface area contributed by atoms with E-state index >= 15 is 0 Å². The molecular weight excluding hydrogens is 568 g/mol. The molecule has 0 aromatic heterocycles. The summed E-state index contributed by atoms with van der Waals surface area (Å²) in [6.07, 6.45) is 14.4. The maximum absolute atomic E-state index is 10.6. The molecule has 2 spiro atoms. The lowest BCUT2D eigenvalue weighted by Gasteiger charge is -2.53. The van der Waals surface area contributed by atoms with Crippen LogP contribution in [0, 0.1) is 79.8 Å². The Morgan fingerprint density at radius 2 is 0.848 bits per heavy atom. The topological polar surface area (TPSA) is 80.9 Å². The Balaban J connectivity index is 0.000000125. The second-order valence-electron chi connectivity index (χ2n) is 19.6. The van der Waals surface area contributed by atoms with Gasteiger partial charge in [0.1, 0.15) is 0 Å². The molecule has 0 aliphatic heterocycles. The number of benzene rings is 1. The van der Waals surface area contributed by atoms with E-state index in [1.807, 2.05) is 36.4 Å². The van der Waals surface area contributed by atoms with E-state index in [0.29, 0.717) is 58.5 Å². The summed E-state index contributed by atoms with van der Waals surface area (Å²) in [7, 11) is 0. The maximum atomic E-state index is 10.6. The molecule has 4 heteroatoms. The van der Waals surface area contributed by atoms with E-state index in [2.05, 4.69) is 41.5 Å². The van der Waals surface area contributed by atoms with Crippen molar-refractivity contribution < 1.29 is 20.4 Å². The van der Waals surface area contributed by atoms with E-state index in [0.717, 1.165) is 62.2 Å². The second kappa shape index (κ2) is 11.3. The van der Waals surface area contributed by atoms with Crippen LogP contribution in [-0.2, 0) is 0 Å². The van der Waals surface area contributed by atoms with Gasteiger partial charge in [-0.2, -0.15) is 0 Å². The van der Waals surface area contributed by atoms with Crippen molar-refractivity contribution in [3.8, 4) is 0 Å². The van der Waals surface area contributed by atoms with Gasteiger partial charge in [-0.3, -0.25) is 0 Å². The van der Waals surface area contributed by atoms with Crippen molar-refractivity contribution in [2.75, 3.05) is 13.2 Å². The third kappa shape index (κ3) is 4.43. The normalized spacial score (nSPS) is 52.8. The first-order valence-electron chi connectivity index (χ1n) is 19.3. The van der Waals surface area contributed by atoms with Crippen LogP contribution < -0.4 is 0 Å². The molecular formula is C42H66O4. The maximum Gasteiger partial charge on any atom is 0.0574 e. The number of hydrogen-bond donors (Lipinski definition) is 4. The van der Waals surface area contributed by atoms with Gasteiger partial charge >= 0.3 is 0 Å². The van der Waals surface area contributed by atoms with Crippen LogP contribution in [0.15, 0.2) is 36.4 Å². The zero-order valence-corrected chi connectivity index (χ0v) is 29.9. The molecule has 46 heavy (non-hydrogen) atoms. The fraction of sp³-hybridized carbons (Fsp3) is 0.857. The van der Waals surface area contributed by atoms with Crippen LogP contribution in [0.3, 0.4) is 0 Å². The molecule has 1 aromatic rings. The van der Waals surface area contributed by atoms with Crippen molar-refractivity contribution >= 4 is 0 Å². The van der Waals surface area contributed by atoms with Crippen LogP contribution in [0.1, 0.15) is 119 Å². The zero-order chi connectivity index (χ0) is 32.9. The highest BCUT2D eigenvalue weighted by atomic mass is 16.3. The lowest BCUT2D eigenvalue weighted by Crippen LogP contribution is -2.50. The molecule has 4 N–H and O–H groups in total. The van der Waals surface area contributed by atoms with E-state index in [1.165, 1.54) is 38.5 Å². The van der Waals surface area contributed by atoms with Crippen LogP contribution in [0.5, 0.6) is 0 Å². The van der Waals surface area contributed by atoms with E-state index in [4.69, 9.17) is 0 Å². The molecule has 8 fully saturated rings. The van der Waals surface area contributed by atoms with E-state index in [1.54, 1.807) is 0 Å². The molecule has 8 aliphatic carbocycles. The summed E-state index contributed by atoms with van der Waals surface area (Å²) in [6.45, 7) is 15.1. The highest BCUT2D eigenvalue weighted by Gasteiger charge is 2.81. The van der Waals surface area contributed by atoms with Gasteiger partial charge in [0.25, 0.3) is 0 Å². The second-order valence-corrected chi connectivity index (χ2v) is 19.6. The molecule has 0 heterocycles. The van der Waals surface area contributed by atoms with E-state index in [-0.39, 0.29) is 23.0 Å². The standard InChI is InChI=1S/2C18H30O2.C6H6/c2*1-16(2)7-4-5-12-13-9-14(20)11-6-8-17(3,10-19)15(11)18(12,13)16;1-2-4-6-5-3-1/h2*11-15,19-20H,4-10H2,1-3H3;1-6H/t2*11-,12+,13+,14+,15-,17+,18+;/m10./s1. The monoisotopic (exact) mass is 634 g/mol. The third-order valence-corrected chi connectivity index (χ3v) is 17.0. The molecule has 0 saturated heterocycles. The first kappa shape index (κ1) is 33.6. The summed E-state index contributed by atoms with van der Waals surface area (Å²) >= 11 is 0. The minimum atomic E-state index is -0.106. The average molecular weight is 635 g/mol. The number of aliphatic hydroxyl groups excluding tert-OH is 4. The van der Waals surface area contributed by atoms with Gasteiger partial charge in [0.2, 0.25) is 0 Å². The van der Waals surface area contributed by atoms with Gasteiger partial charge in [0.05, 0.1) is 12.2 Å². The van der Waals surface area contributed by atoms with Gasteiger partial charge < -0.3 is 20.4 Å². The van der Waals surface area contributed by atoms with Gasteiger partial charge in [0, 0.05) is 13.2 Å². The van der Waals surface area contributed by atoms with Crippen molar-refractivity contribution in [3.63, 3.8) is 0 Å². The van der Waals surface area contributed by atoms with Crippen molar-refractivity contribution in [1.29, 1.82) is 0 Å². The molecule has 9 rings (SSSR count). The summed E-state index contributed by atoms with van der Waals surface area (Å²) in [6, 6.07) is 12.0. The Labute approximate surface area is 280 Å². The minimum absolute atomic E-state index is 0.0493. The number of rotatable bonds is 2. The average Bonchev–Trinajstić information content (AvgIpc) is 3.78. The number of fused-ring (bicyclic) bond motifs is 4. The lowest BCUT2D eigenvalue weighted by atomic mass is 9.52. The van der Waals surface area contributed by atoms with Gasteiger partial charge in [-0.15, -0.1) is 0 Å². The van der Waals surface area contributed by atoms with E-state index in [9.17, 15) is 20.4 Å². The highest BCUT2D eigenvalue weighted by Crippen LogP contribution is 2.85. The van der Waals surface area contributed by atoms with Crippen LogP contribution >= 0.6 is 0 Å². The molecule has 258 valence electrons. The highest BCUT2D eigenvalue weighted by molar-refractivity contribution is 5.29. The molecule has 8 saturated carbocycles. The van der Waals surface area contributed by atoms with Crippen LogP contribution in [0.25, 0.3) is 0 Å². The summed E-state index contributed by atoms with van der Waals surface area (Å²) < 4.78 is 0. The Bertz CT molecular complexity index is 1140. The largest absolute Gasteiger partial charge is 0.396 e. The molecule has 8 aliphatic rings. The number of hydrogen-bond acceptors (Lipinski definition) is 4. The van der Waals surface area contributed by atoms with Gasteiger partial charge in [-0.1, -0.05) is 90.8 Å².